The summed E-state index contributed by atoms with van der Waals surface area (Å²) in [4.78, 5) is 13.9. The molecule has 2 rings (SSSR count). The normalized spacial score (nSPS) is 22.3. The first kappa shape index (κ1) is 18.3. The van der Waals surface area contributed by atoms with Crippen molar-refractivity contribution in [1.82, 2.24) is 14.7 Å². The van der Waals surface area contributed by atoms with Crippen LogP contribution in [0.4, 0.5) is 4.79 Å². The largest absolute Gasteiger partial charge is 0.444 e. The molecule has 1 aromatic heterocycles. The van der Waals surface area contributed by atoms with Crippen LogP contribution in [-0.2, 0) is 18.2 Å². The molecule has 23 heavy (non-hydrogen) atoms. The van der Waals surface area contributed by atoms with Crippen LogP contribution >= 0.6 is 15.9 Å². The highest BCUT2D eigenvalue weighted by atomic mass is 79.9. The number of hydrogen-bond acceptors (Lipinski definition) is 4. The molecule has 0 spiro atoms. The number of ether oxygens (including phenoxy) is 1. The number of likely N-dealkylation sites (tertiary alicyclic amines) is 1. The van der Waals surface area contributed by atoms with Gasteiger partial charge in [-0.1, -0.05) is 0 Å². The lowest BCUT2D eigenvalue weighted by Gasteiger charge is -2.37. The molecule has 1 aromatic rings. The summed E-state index contributed by atoms with van der Waals surface area (Å²) in [6.07, 6.45) is 0.502. The Labute approximate surface area is 145 Å². The molecule has 2 heterocycles. The van der Waals surface area contributed by atoms with Gasteiger partial charge in [0.1, 0.15) is 5.60 Å². The lowest BCUT2D eigenvalue weighted by Crippen LogP contribution is -2.48. The molecule has 2 unspecified atom stereocenters. The second-order valence-electron chi connectivity index (χ2n) is 7.22. The Hall–Kier alpha value is -1.08. The molecule has 1 saturated heterocycles. The molecule has 7 heteroatoms. The minimum Gasteiger partial charge on any atom is -0.444 e. The molecule has 0 bridgehead atoms. The van der Waals surface area contributed by atoms with Crippen molar-refractivity contribution >= 4 is 22.0 Å². The van der Waals surface area contributed by atoms with E-state index in [4.69, 9.17) is 4.74 Å². The molecule has 0 aliphatic carbocycles. The molecule has 0 aromatic carbocycles. The van der Waals surface area contributed by atoms with Crippen molar-refractivity contribution in [2.24, 2.45) is 13.0 Å². The van der Waals surface area contributed by atoms with E-state index < -0.39 is 11.7 Å². The third kappa shape index (κ3) is 4.47. The molecule has 6 nitrogen and oxygen atoms in total. The lowest BCUT2D eigenvalue weighted by atomic mass is 9.90. The number of hydrogen-bond donors (Lipinski definition) is 1. The van der Waals surface area contributed by atoms with Gasteiger partial charge in [-0.25, -0.2) is 4.79 Å². The van der Waals surface area contributed by atoms with Crippen LogP contribution in [0.3, 0.4) is 0 Å². The van der Waals surface area contributed by atoms with E-state index in [1.807, 2.05) is 39.4 Å². The Morgan fingerprint density at radius 2 is 2.13 bits per heavy atom. The predicted octanol–water partition coefficient (Wildman–Crippen LogP) is 2.65. The maximum Gasteiger partial charge on any atom is 0.410 e. The van der Waals surface area contributed by atoms with Gasteiger partial charge in [-0.2, -0.15) is 5.10 Å². The van der Waals surface area contributed by atoms with Gasteiger partial charge in [0.2, 0.25) is 0 Å². The smallest absolute Gasteiger partial charge is 0.410 e. The second kappa shape index (κ2) is 6.81. The summed E-state index contributed by atoms with van der Waals surface area (Å²) in [6, 6.07) is 0. The fourth-order valence-electron chi connectivity index (χ4n) is 2.86. The molecule has 1 aliphatic heterocycles. The topological polar surface area (TPSA) is 67.6 Å². The van der Waals surface area contributed by atoms with Crippen LogP contribution in [0.2, 0.25) is 0 Å². The summed E-state index contributed by atoms with van der Waals surface area (Å²) in [5.74, 6) is -0.0256. The van der Waals surface area contributed by atoms with Gasteiger partial charge in [0, 0.05) is 26.1 Å². The van der Waals surface area contributed by atoms with Gasteiger partial charge in [0.25, 0.3) is 0 Å². The van der Waals surface area contributed by atoms with Gasteiger partial charge in [-0.3, -0.25) is 4.68 Å². The molecule has 1 amide bonds. The van der Waals surface area contributed by atoms with E-state index >= 15 is 0 Å². The van der Waals surface area contributed by atoms with E-state index in [1.165, 1.54) is 0 Å². The van der Waals surface area contributed by atoms with E-state index in [1.54, 1.807) is 4.90 Å². The summed E-state index contributed by atoms with van der Waals surface area (Å²) < 4.78 is 8.25. The Morgan fingerprint density at radius 1 is 1.48 bits per heavy atom. The Bertz CT molecular complexity index is 580. The van der Waals surface area contributed by atoms with Crippen molar-refractivity contribution in [2.45, 2.75) is 52.2 Å². The lowest BCUT2D eigenvalue weighted by molar-refractivity contribution is -0.00856. The van der Waals surface area contributed by atoms with Gasteiger partial charge in [0.05, 0.1) is 22.0 Å². The van der Waals surface area contributed by atoms with Crippen molar-refractivity contribution in [3.63, 3.8) is 0 Å². The Balaban J connectivity index is 2.08. The molecule has 1 N–H and O–H groups in total. The molecular formula is C16H26BrN3O3. The SMILES string of the molecule is Cc1nn(C)c(CC2CN(C(=O)OC(C)(C)C)CCC2O)c1Br. The summed E-state index contributed by atoms with van der Waals surface area (Å²) in [5, 5.41) is 14.7. The average Bonchev–Trinajstić information content (AvgIpc) is 2.65. The fraction of sp³-hybridized carbons (Fsp3) is 0.750. The van der Waals surface area contributed by atoms with Crippen LogP contribution in [0.1, 0.15) is 38.6 Å². The van der Waals surface area contributed by atoms with Crippen LogP contribution in [0.5, 0.6) is 0 Å². The summed E-state index contributed by atoms with van der Waals surface area (Å²) in [5.41, 5.74) is 1.46. The average molecular weight is 388 g/mol. The van der Waals surface area contributed by atoms with E-state index in [-0.39, 0.29) is 12.0 Å². The van der Waals surface area contributed by atoms with E-state index in [2.05, 4.69) is 21.0 Å². The van der Waals surface area contributed by atoms with Crippen molar-refractivity contribution in [2.75, 3.05) is 13.1 Å². The number of halogens is 1. The number of aliphatic hydroxyl groups is 1. The van der Waals surface area contributed by atoms with Crippen LogP contribution in [0, 0.1) is 12.8 Å². The first-order valence-electron chi connectivity index (χ1n) is 7.92. The number of aryl methyl sites for hydroxylation is 2. The fourth-order valence-corrected chi connectivity index (χ4v) is 3.36. The molecule has 1 aliphatic rings. The van der Waals surface area contributed by atoms with Gasteiger partial charge in [-0.15, -0.1) is 0 Å². The third-order valence-electron chi connectivity index (χ3n) is 4.06. The number of carbonyl (C=O) groups excluding carboxylic acids is 1. The maximum absolute atomic E-state index is 12.3. The maximum atomic E-state index is 12.3. The van der Waals surface area contributed by atoms with Gasteiger partial charge in [0.15, 0.2) is 0 Å². The zero-order chi connectivity index (χ0) is 17.4. The van der Waals surface area contributed by atoms with E-state index in [9.17, 15) is 9.90 Å². The van der Waals surface area contributed by atoms with Crippen LogP contribution in [0.25, 0.3) is 0 Å². The molecule has 0 saturated carbocycles. The Kier molecular flexibility index (Phi) is 5.41. The number of piperidine rings is 1. The second-order valence-corrected chi connectivity index (χ2v) is 8.01. The third-order valence-corrected chi connectivity index (χ3v) is 5.09. The number of nitrogens with zero attached hydrogens (tertiary/aromatic N) is 3. The number of aliphatic hydroxyl groups excluding tert-OH is 1. The molecule has 130 valence electrons. The molecule has 0 radical (unpaired) electrons. The zero-order valence-corrected chi connectivity index (χ0v) is 16.1. The van der Waals surface area contributed by atoms with Crippen molar-refractivity contribution in [3.8, 4) is 0 Å². The highest BCUT2D eigenvalue weighted by Crippen LogP contribution is 2.27. The highest BCUT2D eigenvalue weighted by Gasteiger charge is 2.33. The molecule has 1 fully saturated rings. The van der Waals surface area contributed by atoms with Crippen molar-refractivity contribution in [1.29, 1.82) is 0 Å². The van der Waals surface area contributed by atoms with Gasteiger partial charge in [-0.05, 0) is 56.5 Å². The Morgan fingerprint density at radius 3 is 2.65 bits per heavy atom. The van der Waals surface area contributed by atoms with E-state index in [0.717, 1.165) is 15.9 Å². The first-order chi connectivity index (χ1) is 10.6. The monoisotopic (exact) mass is 387 g/mol. The van der Waals surface area contributed by atoms with E-state index in [0.29, 0.717) is 25.9 Å². The number of rotatable bonds is 2. The van der Waals surface area contributed by atoms with Gasteiger partial charge < -0.3 is 14.7 Å². The zero-order valence-electron chi connectivity index (χ0n) is 14.5. The quantitative estimate of drug-likeness (QED) is 0.846. The van der Waals surface area contributed by atoms with Crippen LogP contribution < -0.4 is 0 Å². The standard InChI is InChI=1S/C16H26BrN3O3/c1-10-14(17)12(19(5)18-10)8-11-9-20(7-6-13(11)21)15(22)23-16(2,3)4/h11,13,21H,6-9H2,1-5H3. The molecular weight excluding hydrogens is 362 g/mol. The van der Waals surface area contributed by atoms with Crippen LogP contribution in [0.15, 0.2) is 4.47 Å². The number of amides is 1. The highest BCUT2D eigenvalue weighted by molar-refractivity contribution is 9.10. The number of carbonyl (C=O) groups is 1. The minimum absolute atomic E-state index is 0.0256. The van der Waals surface area contributed by atoms with Crippen molar-refractivity contribution < 1.29 is 14.6 Å². The molecule has 2 atom stereocenters. The number of aromatic nitrogens is 2. The van der Waals surface area contributed by atoms with Gasteiger partial charge >= 0.3 is 6.09 Å². The predicted molar refractivity (Wildman–Crippen MR) is 91.3 cm³/mol. The summed E-state index contributed by atoms with van der Waals surface area (Å²) >= 11 is 3.56. The summed E-state index contributed by atoms with van der Waals surface area (Å²) in [7, 11) is 1.90. The van der Waals surface area contributed by atoms with Crippen LogP contribution in [-0.4, -0.2) is 50.7 Å². The summed E-state index contributed by atoms with van der Waals surface area (Å²) in [6.45, 7) is 8.53. The van der Waals surface area contributed by atoms with Crippen molar-refractivity contribution in [3.05, 3.63) is 15.9 Å². The minimum atomic E-state index is -0.509. The first-order valence-corrected chi connectivity index (χ1v) is 8.71.